The number of carbonyl (C=O) groups is 2. The van der Waals surface area contributed by atoms with Crippen LogP contribution in [-0.2, 0) is 4.74 Å². The smallest absolute Gasteiger partial charge is 0.359 e. The van der Waals surface area contributed by atoms with E-state index in [0.717, 1.165) is 4.47 Å². The third-order valence-electron chi connectivity index (χ3n) is 3.36. The summed E-state index contributed by atoms with van der Waals surface area (Å²) >= 11 is 6.81. The number of ether oxygens (including phenoxy) is 1. The van der Waals surface area contributed by atoms with E-state index in [4.69, 9.17) is 4.74 Å². The fourth-order valence-corrected chi connectivity index (χ4v) is 3.63. The first-order chi connectivity index (χ1) is 11.5. The van der Waals surface area contributed by atoms with Crippen molar-refractivity contribution >= 4 is 49.3 Å². The van der Waals surface area contributed by atoms with Gasteiger partial charge >= 0.3 is 5.97 Å². The van der Waals surface area contributed by atoms with Gasteiger partial charge in [-0.2, -0.15) is 0 Å². The number of carbonyl (C=O) groups excluding carboxylic acids is 2. The van der Waals surface area contributed by atoms with Crippen LogP contribution >= 0.6 is 31.9 Å². The Morgan fingerprint density at radius 1 is 1.21 bits per heavy atom. The molecule has 5 nitrogen and oxygen atoms in total. The van der Waals surface area contributed by atoms with Crippen LogP contribution in [0.4, 0.5) is 0 Å². The zero-order chi connectivity index (χ0) is 17.3. The molecule has 2 aromatic heterocycles. The molecule has 24 heavy (non-hydrogen) atoms. The van der Waals surface area contributed by atoms with Gasteiger partial charge in [0.1, 0.15) is 5.69 Å². The Morgan fingerprint density at radius 2 is 1.92 bits per heavy atom. The molecule has 3 aromatic rings. The zero-order valence-corrected chi connectivity index (χ0v) is 15.8. The second-order valence-corrected chi connectivity index (χ2v) is 6.69. The summed E-state index contributed by atoms with van der Waals surface area (Å²) in [4.78, 5) is 29.6. The number of hydrogen-bond donors (Lipinski definition) is 0. The normalized spacial score (nSPS) is 10.8. The predicted octanol–water partition coefficient (Wildman–Crippen LogP) is 4.27. The summed E-state index contributed by atoms with van der Waals surface area (Å²) in [5.41, 5.74) is 1.13. The average Bonchev–Trinajstić information content (AvgIpc) is 2.95. The molecule has 0 spiro atoms. The molecule has 0 radical (unpaired) electrons. The minimum atomic E-state index is -0.622. The van der Waals surface area contributed by atoms with Gasteiger partial charge in [-0.3, -0.25) is 9.20 Å². The highest BCUT2D eigenvalue weighted by Crippen LogP contribution is 2.27. The molecule has 122 valence electrons. The van der Waals surface area contributed by atoms with Crippen molar-refractivity contribution in [2.45, 2.75) is 6.92 Å². The number of pyridine rings is 1. The third kappa shape index (κ3) is 3.01. The molecule has 0 N–H and O–H groups in total. The molecule has 2 heterocycles. The molecule has 0 bridgehead atoms. The van der Waals surface area contributed by atoms with Gasteiger partial charge in [0.05, 0.1) is 11.1 Å². The van der Waals surface area contributed by atoms with E-state index in [9.17, 15) is 9.59 Å². The summed E-state index contributed by atoms with van der Waals surface area (Å²) in [5, 5.41) is 0. The summed E-state index contributed by atoms with van der Waals surface area (Å²) in [7, 11) is 0. The molecule has 0 saturated heterocycles. The summed E-state index contributed by atoms with van der Waals surface area (Å²) in [6, 6.07) is 10.6. The van der Waals surface area contributed by atoms with Crippen molar-refractivity contribution in [2.75, 3.05) is 6.61 Å². The first-order valence-electron chi connectivity index (χ1n) is 7.17. The van der Waals surface area contributed by atoms with Gasteiger partial charge in [0, 0.05) is 16.2 Å². The molecule has 7 heteroatoms. The molecule has 0 atom stereocenters. The van der Waals surface area contributed by atoms with Gasteiger partial charge in [0.15, 0.2) is 11.3 Å². The number of esters is 1. The van der Waals surface area contributed by atoms with Crippen LogP contribution in [0.1, 0.15) is 33.5 Å². The highest BCUT2D eigenvalue weighted by molar-refractivity contribution is 9.11. The Hall–Kier alpha value is -1.99. The summed E-state index contributed by atoms with van der Waals surface area (Å²) in [6.07, 6.45) is 1.70. The maximum atomic E-state index is 13.0. The van der Waals surface area contributed by atoms with Gasteiger partial charge in [0.2, 0.25) is 5.78 Å². The molecule has 0 amide bonds. The number of nitrogens with zero attached hydrogens (tertiary/aromatic N) is 2. The van der Waals surface area contributed by atoms with Crippen LogP contribution in [0.5, 0.6) is 0 Å². The van der Waals surface area contributed by atoms with Crippen LogP contribution in [-0.4, -0.2) is 27.7 Å². The van der Waals surface area contributed by atoms with Crippen molar-refractivity contribution in [1.82, 2.24) is 9.38 Å². The molecule has 1 aromatic carbocycles. The molecule has 3 rings (SSSR count). The maximum absolute atomic E-state index is 13.0. The number of halogens is 2. The van der Waals surface area contributed by atoms with Crippen LogP contribution in [0.25, 0.3) is 5.65 Å². The summed E-state index contributed by atoms with van der Waals surface area (Å²) < 4.78 is 8.06. The van der Waals surface area contributed by atoms with Crippen molar-refractivity contribution < 1.29 is 14.3 Å². The van der Waals surface area contributed by atoms with E-state index in [2.05, 4.69) is 36.8 Å². The molecular formula is C17H12Br2N2O3. The fourth-order valence-electron chi connectivity index (χ4n) is 2.36. The second kappa shape index (κ2) is 6.86. The van der Waals surface area contributed by atoms with Gasteiger partial charge < -0.3 is 4.74 Å². The Labute approximate surface area is 154 Å². The number of aromatic nitrogens is 2. The van der Waals surface area contributed by atoms with Crippen LogP contribution in [0.15, 0.2) is 51.5 Å². The first kappa shape index (κ1) is 16.9. The van der Waals surface area contributed by atoms with E-state index in [-0.39, 0.29) is 23.8 Å². The van der Waals surface area contributed by atoms with Gasteiger partial charge in [0.25, 0.3) is 0 Å². The van der Waals surface area contributed by atoms with Crippen molar-refractivity contribution in [3.8, 4) is 0 Å². The third-order valence-corrected chi connectivity index (χ3v) is 4.38. The molecule has 0 unspecified atom stereocenters. The van der Waals surface area contributed by atoms with Crippen molar-refractivity contribution in [3.63, 3.8) is 0 Å². The zero-order valence-electron chi connectivity index (χ0n) is 12.6. The first-order valence-corrected chi connectivity index (χ1v) is 8.75. The minimum absolute atomic E-state index is 0.00417. The fraction of sp³-hybridized carbons (Fsp3) is 0.118. The molecule has 0 saturated carbocycles. The second-order valence-electron chi connectivity index (χ2n) is 4.92. The number of benzene rings is 1. The van der Waals surface area contributed by atoms with E-state index >= 15 is 0 Å². The Morgan fingerprint density at radius 3 is 2.58 bits per heavy atom. The van der Waals surface area contributed by atoms with Crippen LogP contribution in [0, 0.1) is 0 Å². The molecule has 0 aliphatic heterocycles. The van der Waals surface area contributed by atoms with Crippen LogP contribution in [0.2, 0.25) is 0 Å². The standard InChI is InChI=1S/C17H12Br2N2O3/c1-2-24-17(23)13-14(15(22)10-6-4-3-5-7-10)21-9-11(18)8-12(19)16(21)20-13/h3-9H,2H2,1H3. The Balaban J connectivity index is 2.28. The number of fused-ring (bicyclic) bond motifs is 1. The van der Waals surface area contributed by atoms with E-state index in [1.807, 2.05) is 6.07 Å². The minimum Gasteiger partial charge on any atom is -0.461 e. The summed E-state index contributed by atoms with van der Waals surface area (Å²) in [6.45, 7) is 1.91. The van der Waals surface area contributed by atoms with Crippen molar-refractivity contribution in [3.05, 3.63) is 68.5 Å². The van der Waals surface area contributed by atoms with E-state index in [1.54, 1.807) is 47.9 Å². The lowest BCUT2D eigenvalue weighted by Gasteiger charge is -2.05. The molecule has 0 fully saturated rings. The monoisotopic (exact) mass is 450 g/mol. The van der Waals surface area contributed by atoms with Gasteiger partial charge in [-0.15, -0.1) is 0 Å². The lowest BCUT2D eigenvalue weighted by atomic mass is 10.1. The van der Waals surface area contributed by atoms with Crippen LogP contribution < -0.4 is 0 Å². The van der Waals surface area contributed by atoms with Gasteiger partial charge in [-0.25, -0.2) is 9.78 Å². The van der Waals surface area contributed by atoms with Gasteiger partial charge in [-0.05, 0) is 44.8 Å². The highest BCUT2D eigenvalue weighted by Gasteiger charge is 2.27. The van der Waals surface area contributed by atoms with E-state index in [0.29, 0.717) is 15.7 Å². The Kier molecular flexibility index (Phi) is 4.82. The predicted molar refractivity (Wildman–Crippen MR) is 96.4 cm³/mol. The number of hydrogen-bond acceptors (Lipinski definition) is 4. The molecule has 0 aliphatic carbocycles. The lowest BCUT2D eigenvalue weighted by Crippen LogP contribution is -2.14. The number of rotatable bonds is 4. The highest BCUT2D eigenvalue weighted by atomic mass is 79.9. The number of imidazole rings is 1. The van der Waals surface area contributed by atoms with Crippen LogP contribution in [0.3, 0.4) is 0 Å². The quantitative estimate of drug-likeness (QED) is 0.439. The van der Waals surface area contributed by atoms with E-state index in [1.165, 1.54) is 0 Å². The number of ketones is 1. The topological polar surface area (TPSA) is 60.7 Å². The van der Waals surface area contributed by atoms with E-state index < -0.39 is 5.97 Å². The average molecular weight is 452 g/mol. The maximum Gasteiger partial charge on any atom is 0.359 e. The molecule has 0 aliphatic rings. The van der Waals surface area contributed by atoms with Gasteiger partial charge in [-0.1, -0.05) is 30.3 Å². The van der Waals surface area contributed by atoms with Crippen molar-refractivity contribution in [2.24, 2.45) is 0 Å². The molecular weight excluding hydrogens is 440 g/mol. The summed E-state index contributed by atoms with van der Waals surface area (Å²) in [5.74, 6) is -0.917. The largest absolute Gasteiger partial charge is 0.461 e. The SMILES string of the molecule is CCOC(=O)c1nc2c(Br)cc(Br)cn2c1C(=O)c1ccccc1. The van der Waals surface area contributed by atoms with Crippen molar-refractivity contribution in [1.29, 1.82) is 0 Å². The Bertz CT molecular complexity index is 936. The lowest BCUT2D eigenvalue weighted by molar-refractivity contribution is 0.0517.